The Labute approximate surface area is 108 Å². The molecular weight excluding hydrogens is 232 g/mol. The number of aliphatic hydroxyl groups excluding tert-OH is 1. The van der Waals surface area contributed by atoms with E-state index in [-0.39, 0.29) is 6.10 Å². The Bertz CT molecular complexity index is 381. The lowest BCUT2D eigenvalue weighted by atomic mass is 10.2. The second-order valence-corrected chi connectivity index (χ2v) is 4.21. The van der Waals surface area contributed by atoms with Crippen LogP contribution in [0.1, 0.15) is 19.8 Å². The average molecular weight is 254 g/mol. The molecule has 1 atom stereocenters. The first-order chi connectivity index (χ1) is 8.58. The molecule has 18 heavy (non-hydrogen) atoms. The summed E-state index contributed by atoms with van der Waals surface area (Å²) in [6.07, 6.45) is 1.38. The zero-order valence-electron chi connectivity index (χ0n) is 11.2. The maximum atomic E-state index is 9.17. The van der Waals surface area contributed by atoms with Gasteiger partial charge in [-0.3, -0.25) is 0 Å². The van der Waals surface area contributed by atoms with Gasteiger partial charge in [0.25, 0.3) is 0 Å². The van der Waals surface area contributed by atoms with Gasteiger partial charge >= 0.3 is 0 Å². The van der Waals surface area contributed by atoms with Gasteiger partial charge in [0.1, 0.15) is 0 Å². The molecule has 0 saturated carbocycles. The summed E-state index contributed by atoms with van der Waals surface area (Å²) in [7, 11) is 3.16. The maximum absolute atomic E-state index is 9.17. The lowest BCUT2D eigenvalue weighted by Crippen LogP contribution is -2.08. The SMILES string of the molecule is COc1cc(N)c(NCCCC(C)O)cc1OC. The minimum atomic E-state index is -0.269. The molecule has 0 aliphatic heterocycles. The van der Waals surface area contributed by atoms with E-state index in [2.05, 4.69) is 5.32 Å². The number of aliphatic hydroxyl groups is 1. The van der Waals surface area contributed by atoms with Crippen molar-refractivity contribution in [2.45, 2.75) is 25.9 Å². The van der Waals surface area contributed by atoms with Crippen molar-refractivity contribution >= 4 is 11.4 Å². The van der Waals surface area contributed by atoms with Crippen LogP contribution in [0.15, 0.2) is 12.1 Å². The van der Waals surface area contributed by atoms with E-state index in [9.17, 15) is 0 Å². The van der Waals surface area contributed by atoms with Crippen molar-refractivity contribution in [3.63, 3.8) is 0 Å². The number of hydrogen-bond donors (Lipinski definition) is 3. The van der Waals surface area contributed by atoms with Crippen LogP contribution in [0, 0.1) is 0 Å². The summed E-state index contributed by atoms with van der Waals surface area (Å²) in [6, 6.07) is 3.55. The number of nitrogen functional groups attached to an aromatic ring is 1. The van der Waals surface area contributed by atoms with Crippen LogP contribution in [0.5, 0.6) is 11.5 Å². The predicted molar refractivity (Wildman–Crippen MR) is 73.4 cm³/mol. The van der Waals surface area contributed by atoms with Crippen LogP contribution >= 0.6 is 0 Å². The third kappa shape index (κ3) is 4.00. The largest absolute Gasteiger partial charge is 0.493 e. The molecule has 0 bridgehead atoms. The number of nitrogens with two attached hydrogens (primary N) is 1. The second-order valence-electron chi connectivity index (χ2n) is 4.21. The van der Waals surface area contributed by atoms with Crippen molar-refractivity contribution in [2.75, 3.05) is 31.8 Å². The fourth-order valence-corrected chi connectivity index (χ4v) is 1.67. The van der Waals surface area contributed by atoms with Crippen molar-refractivity contribution in [3.05, 3.63) is 12.1 Å². The highest BCUT2D eigenvalue weighted by Crippen LogP contribution is 2.34. The minimum absolute atomic E-state index is 0.269. The minimum Gasteiger partial charge on any atom is -0.493 e. The molecule has 5 nitrogen and oxygen atoms in total. The van der Waals surface area contributed by atoms with E-state index in [0.29, 0.717) is 17.2 Å². The number of hydrogen-bond acceptors (Lipinski definition) is 5. The van der Waals surface area contributed by atoms with Crippen molar-refractivity contribution in [1.82, 2.24) is 0 Å². The van der Waals surface area contributed by atoms with Crippen LogP contribution in [0.3, 0.4) is 0 Å². The Kier molecular flexibility index (Phi) is 5.58. The summed E-state index contributed by atoms with van der Waals surface area (Å²) in [5, 5.41) is 12.4. The monoisotopic (exact) mass is 254 g/mol. The van der Waals surface area contributed by atoms with E-state index in [1.54, 1.807) is 27.2 Å². The molecule has 1 unspecified atom stereocenters. The molecule has 0 aliphatic carbocycles. The Morgan fingerprint density at radius 1 is 1.28 bits per heavy atom. The second kappa shape index (κ2) is 6.96. The van der Waals surface area contributed by atoms with E-state index in [4.69, 9.17) is 20.3 Å². The molecule has 5 heteroatoms. The van der Waals surface area contributed by atoms with Crippen molar-refractivity contribution < 1.29 is 14.6 Å². The predicted octanol–water partition coefficient (Wildman–Crippen LogP) is 1.86. The van der Waals surface area contributed by atoms with Gasteiger partial charge in [-0.05, 0) is 19.8 Å². The van der Waals surface area contributed by atoms with E-state index in [1.165, 1.54) is 0 Å². The zero-order valence-corrected chi connectivity index (χ0v) is 11.2. The average Bonchev–Trinajstić information content (AvgIpc) is 2.35. The molecule has 1 rings (SSSR count). The number of ether oxygens (including phenoxy) is 2. The molecule has 0 aliphatic rings. The number of anilines is 2. The molecule has 0 heterocycles. The van der Waals surface area contributed by atoms with Crippen molar-refractivity contribution in [2.24, 2.45) is 0 Å². The first-order valence-electron chi connectivity index (χ1n) is 6.02. The molecule has 1 aromatic rings. The van der Waals surface area contributed by atoms with E-state index >= 15 is 0 Å². The molecule has 0 spiro atoms. The van der Waals surface area contributed by atoms with Gasteiger partial charge in [-0.1, -0.05) is 0 Å². The highest BCUT2D eigenvalue weighted by atomic mass is 16.5. The first-order valence-corrected chi connectivity index (χ1v) is 6.02. The Morgan fingerprint density at radius 3 is 2.44 bits per heavy atom. The Hall–Kier alpha value is -1.62. The number of rotatable bonds is 7. The molecule has 4 N–H and O–H groups in total. The normalized spacial score (nSPS) is 12.0. The smallest absolute Gasteiger partial charge is 0.162 e. The Balaban J connectivity index is 2.65. The first kappa shape index (κ1) is 14.4. The molecule has 0 amide bonds. The fraction of sp³-hybridized carbons (Fsp3) is 0.538. The van der Waals surface area contributed by atoms with Crippen LogP contribution in [0.25, 0.3) is 0 Å². The van der Waals surface area contributed by atoms with E-state index < -0.39 is 0 Å². The topological polar surface area (TPSA) is 76.7 Å². The third-order valence-electron chi connectivity index (χ3n) is 2.67. The number of benzene rings is 1. The number of methoxy groups -OCH3 is 2. The molecule has 0 aromatic heterocycles. The molecule has 0 fully saturated rings. The van der Waals surface area contributed by atoms with Gasteiger partial charge in [-0.25, -0.2) is 0 Å². The summed E-state index contributed by atoms with van der Waals surface area (Å²) in [4.78, 5) is 0. The van der Waals surface area contributed by atoms with Crippen LogP contribution in [-0.4, -0.2) is 32.0 Å². The van der Waals surface area contributed by atoms with Gasteiger partial charge in [0, 0.05) is 18.7 Å². The molecule has 0 saturated heterocycles. The van der Waals surface area contributed by atoms with E-state index in [1.807, 2.05) is 6.07 Å². The summed E-state index contributed by atoms with van der Waals surface area (Å²) >= 11 is 0. The summed E-state index contributed by atoms with van der Waals surface area (Å²) in [5.41, 5.74) is 7.35. The fourth-order valence-electron chi connectivity index (χ4n) is 1.67. The lowest BCUT2D eigenvalue weighted by molar-refractivity contribution is 0.183. The zero-order chi connectivity index (χ0) is 13.5. The van der Waals surface area contributed by atoms with Gasteiger partial charge in [-0.15, -0.1) is 0 Å². The van der Waals surface area contributed by atoms with Gasteiger partial charge in [-0.2, -0.15) is 0 Å². The molecule has 0 radical (unpaired) electrons. The highest BCUT2D eigenvalue weighted by Gasteiger charge is 2.08. The van der Waals surface area contributed by atoms with Gasteiger partial charge in [0.15, 0.2) is 11.5 Å². The van der Waals surface area contributed by atoms with Crippen LogP contribution in [0.2, 0.25) is 0 Å². The molecule has 102 valence electrons. The molecule has 1 aromatic carbocycles. The van der Waals surface area contributed by atoms with Crippen molar-refractivity contribution in [1.29, 1.82) is 0 Å². The molecular formula is C13H22N2O3. The van der Waals surface area contributed by atoms with Gasteiger partial charge in [0.2, 0.25) is 0 Å². The maximum Gasteiger partial charge on any atom is 0.162 e. The van der Waals surface area contributed by atoms with Crippen LogP contribution in [0.4, 0.5) is 11.4 Å². The standard InChI is InChI=1S/C13H22N2O3/c1-9(16)5-4-6-15-11-8-13(18-3)12(17-2)7-10(11)14/h7-9,15-16H,4-6,14H2,1-3H3. The quantitative estimate of drug-likeness (QED) is 0.511. The lowest BCUT2D eigenvalue weighted by Gasteiger charge is -2.14. The highest BCUT2D eigenvalue weighted by molar-refractivity contribution is 5.71. The van der Waals surface area contributed by atoms with Gasteiger partial charge < -0.3 is 25.6 Å². The summed E-state index contributed by atoms with van der Waals surface area (Å²) in [6.45, 7) is 2.54. The van der Waals surface area contributed by atoms with Gasteiger partial charge in [0.05, 0.1) is 31.7 Å². The summed E-state index contributed by atoms with van der Waals surface area (Å²) in [5.74, 6) is 1.26. The third-order valence-corrected chi connectivity index (χ3v) is 2.67. The van der Waals surface area contributed by atoms with E-state index in [0.717, 1.165) is 25.1 Å². The Morgan fingerprint density at radius 2 is 1.89 bits per heavy atom. The summed E-state index contributed by atoms with van der Waals surface area (Å²) < 4.78 is 10.4. The van der Waals surface area contributed by atoms with Crippen LogP contribution in [-0.2, 0) is 0 Å². The van der Waals surface area contributed by atoms with Crippen molar-refractivity contribution in [3.8, 4) is 11.5 Å². The number of nitrogens with one attached hydrogen (secondary N) is 1. The van der Waals surface area contributed by atoms with Crippen LogP contribution < -0.4 is 20.5 Å².